The van der Waals surface area contributed by atoms with Crippen LogP contribution in [-0.4, -0.2) is 25.4 Å². The van der Waals surface area contributed by atoms with Crippen molar-refractivity contribution in [3.63, 3.8) is 0 Å². The highest BCUT2D eigenvalue weighted by atomic mass is 19.4. The van der Waals surface area contributed by atoms with Crippen LogP contribution in [0.5, 0.6) is 0 Å². The quantitative estimate of drug-likeness (QED) is 0.518. The van der Waals surface area contributed by atoms with E-state index in [0.29, 0.717) is 6.07 Å². The number of nitrogens with one attached hydrogen (secondary N) is 1. The SMILES string of the molecule is O=C(Nc1ccc(F)cc1F)c1cn2cc(-c3noc(C(F)(F)F)n3)ccc2n1. The first kappa shape index (κ1) is 18.5. The van der Waals surface area contributed by atoms with Gasteiger partial charge < -0.3 is 14.2 Å². The molecular formula is C17H8F5N5O2. The van der Waals surface area contributed by atoms with Crippen molar-refractivity contribution in [2.45, 2.75) is 6.18 Å². The molecule has 0 aliphatic carbocycles. The van der Waals surface area contributed by atoms with Crippen LogP contribution in [0.1, 0.15) is 16.4 Å². The molecule has 0 saturated carbocycles. The van der Waals surface area contributed by atoms with Crippen LogP contribution in [0.4, 0.5) is 27.6 Å². The molecule has 0 aliphatic rings. The lowest BCUT2D eigenvalue weighted by Crippen LogP contribution is -2.13. The van der Waals surface area contributed by atoms with Crippen LogP contribution < -0.4 is 5.32 Å². The third kappa shape index (κ3) is 3.63. The van der Waals surface area contributed by atoms with Crippen LogP contribution >= 0.6 is 0 Å². The van der Waals surface area contributed by atoms with Gasteiger partial charge in [-0.2, -0.15) is 18.2 Å². The Balaban J connectivity index is 1.61. The summed E-state index contributed by atoms with van der Waals surface area (Å²) in [4.78, 5) is 19.6. The van der Waals surface area contributed by atoms with E-state index in [-0.39, 0.29) is 28.4 Å². The molecule has 7 nitrogen and oxygen atoms in total. The Bertz CT molecular complexity index is 1230. The van der Waals surface area contributed by atoms with Crippen molar-refractivity contribution >= 4 is 17.2 Å². The van der Waals surface area contributed by atoms with Crippen molar-refractivity contribution in [3.8, 4) is 11.4 Å². The zero-order valence-electron chi connectivity index (χ0n) is 14.0. The minimum atomic E-state index is -4.77. The minimum Gasteiger partial charge on any atom is -0.329 e. The number of hydrogen-bond donors (Lipinski definition) is 1. The molecule has 4 aromatic rings. The lowest BCUT2D eigenvalue weighted by Gasteiger charge is -2.04. The highest BCUT2D eigenvalue weighted by molar-refractivity contribution is 6.03. The number of anilines is 1. The second-order valence-electron chi connectivity index (χ2n) is 5.81. The van der Waals surface area contributed by atoms with Gasteiger partial charge in [0.15, 0.2) is 0 Å². The highest BCUT2D eigenvalue weighted by Gasteiger charge is 2.38. The van der Waals surface area contributed by atoms with E-state index >= 15 is 0 Å². The molecule has 0 unspecified atom stereocenters. The number of amides is 1. The molecule has 4 rings (SSSR count). The third-order valence-electron chi connectivity index (χ3n) is 3.79. The van der Waals surface area contributed by atoms with Gasteiger partial charge >= 0.3 is 12.1 Å². The molecule has 0 fully saturated rings. The number of rotatable bonds is 3. The second kappa shape index (κ2) is 6.65. The second-order valence-corrected chi connectivity index (χ2v) is 5.81. The summed E-state index contributed by atoms with van der Waals surface area (Å²) in [7, 11) is 0. The Kier molecular flexibility index (Phi) is 4.25. The summed E-state index contributed by atoms with van der Waals surface area (Å²) in [6.07, 6.45) is -2.14. The van der Waals surface area contributed by atoms with Crippen molar-refractivity contribution in [1.29, 1.82) is 0 Å². The molecule has 3 aromatic heterocycles. The largest absolute Gasteiger partial charge is 0.471 e. The number of carbonyl (C=O) groups excluding carboxylic acids is 1. The monoisotopic (exact) mass is 409 g/mol. The number of aromatic nitrogens is 4. The Morgan fingerprint density at radius 3 is 2.55 bits per heavy atom. The number of halogens is 5. The number of imidazole rings is 1. The fourth-order valence-electron chi connectivity index (χ4n) is 2.47. The molecule has 148 valence electrons. The van der Waals surface area contributed by atoms with E-state index in [1.807, 2.05) is 0 Å². The van der Waals surface area contributed by atoms with Gasteiger partial charge in [-0.1, -0.05) is 5.16 Å². The van der Waals surface area contributed by atoms with Gasteiger partial charge in [-0.05, 0) is 24.3 Å². The average molecular weight is 409 g/mol. The number of pyridine rings is 1. The summed E-state index contributed by atoms with van der Waals surface area (Å²) < 4.78 is 69.9. The van der Waals surface area contributed by atoms with Gasteiger partial charge in [0.05, 0.1) is 5.69 Å². The molecule has 0 saturated heterocycles. The molecule has 0 aliphatic heterocycles. The lowest BCUT2D eigenvalue weighted by molar-refractivity contribution is -0.159. The molecule has 29 heavy (non-hydrogen) atoms. The van der Waals surface area contributed by atoms with Crippen molar-refractivity contribution in [2.75, 3.05) is 5.32 Å². The summed E-state index contributed by atoms with van der Waals surface area (Å²) in [6.45, 7) is 0. The molecule has 12 heteroatoms. The Hall–Kier alpha value is -3.83. The fraction of sp³-hybridized carbons (Fsp3) is 0.0588. The maximum Gasteiger partial charge on any atom is 0.471 e. The van der Waals surface area contributed by atoms with Crippen molar-refractivity contribution in [1.82, 2.24) is 19.5 Å². The number of nitrogens with zero attached hydrogens (tertiary/aromatic N) is 4. The van der Waals surface area contributed by atoms with Crippen LogP contribution in [0.2, 0.25) is 0 Å². The van der Waals surface area contributed by atoms with Gasteiger partial charge in [-0.15, -0.1) is 0 Å². The molecule has 0 atom stereocenters. The van der Waals surface area contributed by atoms with Crippen LogP contribution in [-0.2, 0) is 6.18 Å². The Labute approximate surface area is 157 Å². The molecule has 0 bridgehead atoms. The van der Waals surface area contributed by atoms with Crippen LogP contribution in [0.25, 0.3) is 17.0 Å². The molecule has 1 aromatic carbocycles. The standard InChI is InChI=1S/C17H8F5N5O2/c18-9-2-3-11(10(19)5-9)24-15(28)12-7-27-6-8(1-4-13(27)23-12)14-25-16(29-26-14)17(20,21)22/h1-7H,(H,24,28). The zero-order chi connectivity index (χ0) is 20.8. The topological polar surface area (TPSA) is 85.3 Å². The predicted molar refractivity (Wildman–Crippen MR) is 87.8 cm³/mol. The van der Waals surface area contributed by atoms with Crippen LogP contribution in [0.15, 0.2) is 47.2 Å². The van der Waals surface area contributed by atoms with Gasteiger partial charge in [0.1, 0.15) is 23.0 Å². The van der Waals surface area contributed by atoms with E-state index in [2.05, 4.69) is 25.0 Å². The molecule has 1 N–H and O–H groups in total. The van der Waals surface area contributed by atoms with Crippen LogP contribution in [0.3, 0.4) is 0 Å². The van der Waals surface area contributed by atoms with Gasteiger partial charge in [-0.25, -0.2) is 13.8 Å². The zero-order valence-corrected chi connectivity index (χ0v) is 14.0. The van der Waals surface area contributed by atoms with Crippen LogP contribution in [0, 0.1) is 11.6 Å². The number of alkyl halides is 3. The van der Waals surface area contributed by atoms with E-state index < -0.39 is 29.6 Å². The maximum atomic E-state index is 13.7. The van der Waals surface area contributed by atoms with Gasteiger partial charge in [0, 0.05) is 24.0 Å². The first-order valence-electron chi connectivity index (χ1n) is 7.87. The Morgan fingerprint density at radius 1 is 1.07 bits per heavy atom. The van der Waals surface area contributed by atoms with Crippen molar-refractivity contribution in [2.24, 2.45) is 0 Å². The Morgan fingerprint density at radius 2 is 1.86 bits per heavy atom. The van der Waals surface area contributed by atoms with E-state index in [9.17, 15) is 26.7 Å². The summed E-state index contributed by atoms with van der Waals surface area (Å²) in [6, 6.07) is 5.48. The van der Waals surface area contributed by atoms with Crippen molar-refractivity contribution < 1.29 is 31.3 Å². The third-order valence-corrected chi connectivity index (χ3v) is 3.79. The lowest BCUT2D eigenvalue weighted by atomic mass is 10.3. The highest BCUT2D eigenvalue weighted by Crippen LogP contribution is 2.29. The smallest absolute Gasteiger partial charge is 0.329 e. The predicted octanol–water partition coefficient (Wildman–Crippen LogP) is 3.93. The molecular weight excluding hydrogens is 401 g/mol. The van der Waals surface area contributed by atoms with E-state index in [1.54, 1.807) is 0 Å². The first-order valence-corrected chi connectivity index (χ1v) is 7.87. The first-order chi connectivity index (χ1) is 13.7. The maximum absolute atomic E-state index is 13.7. The number of benzene rings is 1. The fourth-order valence-corrected chi connectivity index (χ4v) is 2.47. The van der Waals surface area contributed by atoms with Gasteiger partial charge in [-0.3, -0.25) is 4.79 Å². The number of hydrogen-bond acceptors (Lipinski definition) is 5. The van der Waals surface area contributed by atoms with Crippen molar-refractivity contribution in [3.05, 3.63) is 65.9 Å². The number of carbonyl (C=O) groups is 1. The van der Waals surface area contributed by atoms with Gasteiger partial charge in [0.25, 0.3) is 5.91 Å². The van der Waals surface area contributed by atoms with E-state index in [4.69, 9.17) is 0 Å². The molecule has 0 spiro atoms. The normalized spacial score (nSPS) is 11.8. The molecule has 1 amide bonds. The number of fused-ring (bicyclic) bond motifs is 1. The summed E-state index contributed by atoms with van der Waals surface area (Å²) >= 11 is 0. The molecule has 3 heterocycles. The summed E-state index contributed by atoms with van der Waals surface area (Å²) in [5.41, 5.74) is 0.138. The summed E-state index contributed by atoms with van der Waals surface area (Å²) in [5, 5.41) is 5.54. The summed E-state index contributed by atoms with van der Waals surface area (Å²) in [5.74, 6) is -4.30. The minimum absolute atomic E-state index is 0.102. The van der Waals surface area contributed by atoms with E-state index in [0.717, 1.165) is 12.1 Å². The average Bonchev–Trinajstić information content (AvgIpc) is 3.29. The van der Waals surface area contributed by atoms with Gasteiger partial charge in [0.2, 0.25) is 5.82 Å². The van der Waals surface area contributed by atoms with E-state index in [1.165, 1.54) is 28.9 Å². The molecule has 0 radical (unpaired) electrons.